The van der Waals surface area contributed by atoms with E-state index < -0.39 is 11.4 Å². The van der Waals surface area contributed by atoms with Crippen molar-refractivity contribution in [2.24, 2.45) is 0 Å². The second kappa shape index (κ2) is 16.3. The molecule has 1 atom stereocenters. The highest BCUT2D eigenvalue weighted by Gasteiger charge is 2.31. The normalized spacial score (nSPS) is 18.2. The molecular formula is C35H52FN3O4. The second-order valence-electron chi connectivity index (χ2n) is 12.1. The zero-order valence-corrected chi connectivity index (χ0v) is 27.0. The highest BCUT2D eigenvalue weighted by molar-refractivity contribution is 5.97. The van der Waals surface area contributed by atoms with Gasteiger partial charge in [0.25, 0.3) is 11.8 Å². The Morgan fingerprint density at radius 2 is 1.79 bits per heavy atom. The van der Waals surface area contributed by atoms with Crippen molar-refractivity contribution in [3.05, 3.63) is 58.9 Å². The smallest absolute Gasteiger partial charge is 0.254 e. The Morgan fingerprint density at radius 3 is 2.42 bits per heavy atom. The lowest BCUT2D eigenvalue weighted by atomic mass is 9.91. The molecule has 43 heavy (non-hydrogen) atoms. The summed E-state index contributed by atoms with van der Waals surface area (Å²) < 4.78 is 20.6. The third-order valence-corrected chi connectivity index (χ3v) is 8.48. The van der Waals surface area contributed by atoms with Gasteiger partial charge in [0, 0.05) is 62.1 Å². The van der Waals surface area contributed by atoms with E-state index in [4.69, 9.17) is 4.74 Å². The van der Waals surface area contributed by atoms with Crippen molar-refractivity contribution >= 4 is 11.8 Å². The molecule has 2 amide bonds. The summed E-state index contributed by atoms with van der Waals surface area (Å²) in [6.45, 7) is 13.2. The van der Waals surface area contributed by atoms with Crippen LogP contribution in [0.1, 0.15) is 99.4 Å². The molecule has 2 aliphatic heterocycles. The number of piperidine rings is 2. The first kappa shape index (κ1) is 34.7. The van der Waals surface area contributed by atoms with Crippen molar-refractivity contribution in [1.82, 2.24) is 15.1 Å². The fourth-order valence-corrected chi connectivity index (χ4v) is 6.04. The number of likely N-dealkylation sites (tertiary alicyclic amines) is 1. The van der Waals surface area contributed by atoms with Crippen LogP contribution in [0.25, 0.3) is 11.1 Å². The molecule has 7 nitrogen and oxygen atoms in total. The van der Waals surface area contributed by atoms with Crippen LogP contribution in [-0.2, 0) is 11.2 Å². The monoisotopic (exact) mass is 597 g/mol. The summed E-state index contributed by atoms with van der Waals surface area (Å²) in [6.07, 6.45) is 5.36. The Balaban J connectivity index is 0.00000248. The number of amides is 2. The molecule has 8 heteroatoms. The van der Waals surface area contributed by atoms with E-state index in [0.717, 1.165) is 44.3 Å². The summed E-state index contributed by atoms with van der Waals surface area (Å²) in [6, 6.07) is 10.3. The molecule has 2 aromatic carbocycles. The van der Waals surface area contributed by atoms with Gasteiger partial charge in [-0.15, -0.1) is 0 Å². The summed E-state index contributed by atoms with van der Waals surface area (Å²) in [5, 5.41) is 13.7. The molecule has 4 rings (SSSR count). The zero-order valence-electron chi connectivity index (χ0n) is 27.0. The van der Waals surface area contributed by atoms with E-state index in [9.17, 15) is 14.7 Å². The quantitative estimate of drug-likeness (QED) is 0.325. The van der Waals surface area contributed by atoms with Gasteiger partial charge in [-0.25, -0.2) is 4.39 Å². The molecule has 2 saturated heterocycles. The summed E-state index contributed by atoms with van der Waals surface area (Å²) in [7, 11) is 1.67. The van der Waals surface area contributed by atoms with Crippen LogP contribution in [0.4, 0.5) is 4.39 Å². The van der Waals surface area contributed by atoms with E-state index in [1.54, 1.807) is 31.1 Å². The Hall–Kier alpha value is -2.81. The molecule has 0 aliphatic carbocycles. The van der Waals surface area contributed by atoms with Crippen molar-refractivity contribution in [3.63, 3.8) is 0 Å². The molecule has 0 saturated carbocycles. The maximum absolute atomic E-state index is 15.4. The second-order valence-corrected chi connectivity index (χ2v) is 12.1. The van der Waals surface area contributed by atoms with Crippen molar-refractivity contribution < 1.29 is 23.8 Å². The van der Waals surface area contributed by atoms with Crippen LogP contribution in [0.15, 0.2) is 36.4 Å². The first-order valence-electron chi connectivity index (χ1n) is 16.1. The van der Waals surface area contributed by atoms with E-state index in [1.807, 2.05) is 44.7 Å². The number of rotatable bonds is 10. The van der Waals surface area contributed by atoms with Gasteiger partial charge in [0.05, 0.1) is 5.60 Å². The SMILES string of the molecule is CC.COCCCCc1cc(C(=O)N(C(C)C)C2CCCNC2)ccc1-c1cc(C(=O)N2CCC(C)(O)CC2)ccc1F. The van der Waals surface area contributed by atoms with Crippen molar-refractivity contribution in [2.45, 2.75) is 97.2 Å². The number of nitrogens with zero attached hydrogens (tertiary/aromatic N) is 2. The number of nitrogens with one attached hydrogen (secondary N) is 1. The molecule has 238 valence electrons. The van der Waals surface area contributed by atoms with Gasteiger partial charge in [-0.2, -0.15) is 0 Å². The average Bonchev–Trinajstić information content (AvgIpc) is 3.01. The van der Waals surface area contributed by atoms with E-state index >= 15 is 4.39 Å². The van der Waals surface area contributed by atoms with Gasteiger partial charge in [-0.3, -0.25) is 9.59 Å². The van der Waals surface area contributed by atoms with Crippen LogP contribution in [0, 0.1) is 5.82 Å². The molecule has 2 aromatic rings. The van der Waals surface area contributed by atoms with Crippen LogP contribution in [0.2, 0.25) is 0 Å². The number of unbranched alkanes of at least 4 members (excludes halogenated alkanes) is 1. The van der Waals surface area contributed by atoms with Crippen LogP contribution in [0.5, 0.6) is 0 Å². The topological polar surface area (TPSA) is 82.1 Å². The predicted octanol–water partition coefficient (Wildman–Crippen LogP) is 6.08. The molecule has 0 aromatic heterocycles. The maximum atomic E-state index is 15.4. The molecule has 2 fully saturated rings. The van der Waals surface area contributed by atoms with Gasteiger partial charge in [0.1, 0.15) is 5.82 Å². The number of ether oxygens (including phenoxy) is 1. The minimum Gasteiger partial charge on any atom is -0.390 e. The van der Waals surface area contributed by atoms with Gasteiger partial charge in [0.2, 0.25) is 0 Å². The number of benzene rings is 2. The largest absolute Gasteiger partial charge is 0.390 e. The number of hydrogen-bond donors (Lipinski definition) is 2. The van der Waals surface area contributed by atoms with Crippen LogP contribution in [-0.4, -0.2) is 84.3 Å². The molecule has 0 bridgehead atoms. The third-order valence-electron chi connectivity index (χ3n) is 8.48. The van der Waals surface area contributed by atoms with E-state index in [1.165, 1.54) is 12.1 Å². The van der Waals surface area contributed by atoms with Gasteiger partial charge in [-0.05, 0) is 114 Å². The number of halogens is 1. The van der Waals surface area contributed by atoms with Crippen molar-refractivity contribution in [3.8, 4) is 11.1 Å². The molecule has 0 radical (unpaired) electrons. The first-order chi connectivity index (χ1) is 20.6. The molecule has 0 spiro atoms. The van der Waals surface area contributed by atoms with Crippen LogP contribution < -0.4 is 5.32 Å². The lowest BCUT2D eigenvalue weighted by Gasteiger charge is -2.37. The Morgan fingerprint density at radius 1 is 1.09 bits per heavy atom. The number of aryl methyl sites for hydroxylation is 1. The number of hydrogen-bond acceptors (Lipinski definition) is 5. The van der Waals surface area contributed by atoms with Gasteiger partial charge < -0.3 is 25.0 Å². The van der Waals surface area contributed by atoms with Crippen molar-refractivity contribution in [2.75, 3.05) is 39.9 Å². The zero-order chi connectivity index (χ0) is 31.6. The van der Waals surface area contributed by atoms with Gasteiger partial charge in [-0.1, -0.05) is 19.9 Å². The minimum atomic E-state index is -0.764. The van der Waals surface area contributed by atoms with Gasteiger partial charge >= 0.3 is 0 Å². The standard InChI is InChI=1S/C33H46FN3O4.C2H6/c1-23(2)37(27-9-7-16-35-22-27)32(39)25-10-12-28(24(20-25)8-5-6-19-41-4)29-21-26(11-13-30(29)34)31(38)36-17-14-33(3,40)15-18-36;1-2/h10-13,20-21,23,27,35,40H,5-9,14-19,22H2,1-4H3;1-2H3. The average molecular weight is 598 g/mol. The third kappa shape index (κ3) is 9.10. The maximum Gasteiger partial charge on any atom is 0.254 e. The molecule has 1 unspecified atom stereocenters. The summed E-state index contributed by atoms with van der Waals surface area (Å²) in [4.78, 5) is 30.9. The minimum absolute atomic E-state index is 0.0104. The summed E-state index contributed by atoms with van der Waals surface area (Å²) >= 11 is 0. The fraction of sp³-hybridized carbons (Fsp3) is 0.600. The van der Waals surface area contributed by atoms with E-state index in [2.05, 4.69) is 5.32 Å². The van der Waals surface area contributed by atoms with E-state index in [-0.39, 0.29) is 23.9 Å². The molecule has 2 aliphatic rings. The summed E-state index contributed by atoms with van der Waals surface area (Å²) in [5.41, 5.74) is 2.20. The Labute approximate surface area is 257 Å². The predicted molar refractivity (Wildman–Crippen MR) is 171 cm³/mol. The van der Waals surface area contributed by atoms with Crippen LogP contribution in [0.3, 0.4) is 0 Å². The highest BCUT2D eigenvalue weighted by atomic mass is 19.1. The molecular weight excluding hydrogens is 545 g/mol. The number of methoxy groups -OCH3 is 1. The first-order valence-corrected chi connectivity index (χ1v) is 16.1. The van der Waals surface area contributed by atoms with Crippen LogP contribution >= 0.6 is 0 Å². The molecule has 2 N–H and O–H groups in total. The van der Waals surface area contributed by atoms with E-state index in [0.29, 0.717) is 61.2 Å². The Kier molecular flexibility index (Phi) is 13.2. The fourth-order valence-electron chi connectivity index (χ4n) is 6.04. The lowest BCUT2D eigenvalue weighted by Crippen LogP contribution is -2.51. The Bertz CT molecular complexity index is 1200. The number of carbonyl (C=O) groups is 2. The van der Waals surface area contributed by atoms with Gasteiger partial charge in [0.15, 0.2) is 0 Å². The number of carbonyl (C=O) groups excluding carboxylic acids is 2. The number of aliphatic hydroxyl groups is 1. The van der Waals surface area contributed by atoms with Crippen molar-refractivity contribution in [1.29, 1.82) is 0 Å². The lowest BCUT2D eigenvalue weighted by molar-refractivity contribution is -0.00204. The summed E-state index contributed by atoms with van der Waals surface area (Å²) in [5.74, 6) is -0.579. The highest BCUT2D eigenvalue weighted by Crippen LogP contribution is 2.32. The molecule has 2 heterocycles.